The third-order valence-corrected chi connectivity index (χ3v) is 5.02. The van der Waals surface area contributed by atoms with Crippen LogP contribution >= 0.6 is 0 Å². The highest BCUT2D eigenvalue weighted by molar-refractivity contribution is 5.76. The normalized spacial score (nSPS) is 27.2. The van der Waals surface area contributed by atoms with Crippen molar-refractivity contribution < 1.29 is 4.79 Å². The second-order valence-corrected chi connectivity index (χ2v) is 6.69. The maximum Gasteiger partial charge on any atom is 0.220 e. The molecule has 2 heteroatoms. The van der Waals surface area contributed by atoms with E-state index in [1.807, 2.05) is 6.07 Å². The molecule has 0 bridgehead atoms. The number of nitrogens with one attached hydrogen (secondary N) is 1. The van der Waals surface area contributed by atoms with Gasteiger partial charge in [0.2, 0.25) is 5.91 Å². The molecular formula is C18H25NO. The minimum absolute atomic E-state index is 0.222. The zero-order chi connectivity index (χ0) is 13.9. The van der Waals surface area contributed by atoms with Gasteiger partial charge in [-0.15, -0.1) is 0 Å². The summed E-state index contributed by atoms with van der Waals surface area (Å²) in [5.41, 5.74) is 1.27. The van der Waals surface area contributed by atoms with Crippen molar-refractivity contribution in [2.24, 2.45) is 17.8 Å². The Labute approximate surface area is 122 Å². The maximum atomic E-state index is 12.3. The van der Waals surface area contributed by atoms with Gasteiger partial charge < -0.3 is 5.32 Å². The smallest absolute Gasteiger partial charge is 0.220 e. The van der Waals surface area contributed by atoms with Gasteiger partial charge in [0.25, 0.3) is 0 Å². The summed E-state index contributed by atoms with van der Waals surface area (Å²) < 4.78 is 0. The van der Waals surface area contributed by atoms with Crippen molar-refractivity contribution in [3.05, 3.63) is 35.9 Å². The highest BCUT2D eigenvalue weighted by Gasteiger charge is 2.41. The summed E-state index contributed by atoms with van der Waals surface area (Å²) >= 11 is 0. The summed E-state index contributed by atoms with van der Waals surface area (Å²) in [6.45, 7) is 2.28. The van der Waals surface area contributed by atoms with Gasteiger partial charge in [0.15, 0.2) is 0 Å². The third kappa shape index (κ3) is 3.23. The number of hydrogen-bond donors (Lipinski definition) is 1. The molecule has 0 radical (unpaired) electrons. The average molecular weight is 271 g/mol. The standard InChI is InChI=1S/C18H25NO/c1-13-11-16(13)18(15-9-3-2-4-10-15)19-17(20)12-14-7-5-6-8-14/h2-4,9-10,13-14,16,18H,5-8,11-12H2,1H3,(H,19,20). The molecule has 0 aliphatic heterocycles. The van der Waals surface area contributed by atoms with Crippen LogP contribution in [0.15, 0.2) is 30.3 Å². The molecule has 2 saturated carbocycles. The molecule has 3 unspecified atom stereocenters. The van der Waals surface area contributed by atoms with Gasteiger partial charge in [0.1, 0.15) is 0 Å². The average Bonchev–Trinajstić information content (AvgIpc) is 2.96. The number of amides is 1. The molecule has 108 valence electrons. The quantitative estimate of drug-likeness (QED) is 0.859. The highest BCUT2D eigenvalue weighted by Crippen LogP contribution is 2.47. The van der Waals surface area contributed by atoms with E-state index < -0.39 is 0 Å². The van der Waals surface area contributed by atoms with E-state index in [0.717, 1.165) is 12.3 Å². The van der Waals surface area contributed by atoms with Crippen LogP contribution < -0.4 is 5.32 Å². The van der Waals surface area contributed by atoms with Crippen LogP contribution in [0.2, 0.25) is 0 Å². The molecule has 1 amide bonds. The summed E-state index contributed by atoms with van der Waals surface area (Å²) in [5.74, 6) is 2.25. The van der Waals surface area contributed by atoms with Gasteiger partial charge in [0.05, 0.1) is 6.04 Å². The Hall–Kier alpha value is -1.31. The second-order valence-electron chi connectivity index (χ2n) is 6.69. The Morgan fingerprint density at radius 3 is 2.50 bits per heavy atom. The van der Waals surface area contributed by atoms with E-state index in [9.17, 15) is 4.79 Å². The predicted molar refractivity (Wildman–Crippen MR) is 81.2 cm³/mol. The fraction of sp³-hybridized carbons (Fsp3) is 0.611. The molecule has 2 aliphatic carbocycles. The number of hydrogen-bond acceptors (Lipinski definition) is 1. The largest absolute Gasteiger partial charge is 0.349 e. The molecule has 1 aromatic carbocycles. The van der Waals surface area contributed by atoms with Gasteiger partial charge in [0, 0.05) is 6.42 Å². The van der Waals surface area contributed by atoms with E-state index >= 15 is 0 Å². The molecule has 20 heavy (non-hydrogen) atoms. The van der Waals surface area contributed by atoms with E-state index in [1.165, 1.54) is 37.7 Å². The molecule has 0 spiro atoms. The highest BCUT2D eigenvalue weighted by atomic mass is 16.1. The first kappa shape index (κ1) is 13.7. The van der Waals surface area contributed by atoms with Crippen molar-refractivity contribution >= 4 is 5.91 Å². The lowest BCUT2D eigenvalue weighted by Gasteiger charge is -2.20. The van der Waals surface area contributed by atoms with E-state index in [-0.39, 0.29) is 11.9 Å². The zero-order valence-corrected chi connectivity index (χ0v) is 12.3. The molecule has 1 N–H and O–H groups in total. The maximum absolute atomic E-state index is 12.3. The first-order chi connectivity index (χ1) is 9.74. The molecule has 1 aromatic rings. The molecule has 2 fully saturated rings. The Morgan fingerprint density at radius 2 is 1.90 bits per heavy atom. The van der Waals surface area contributed by atoms with Crippen LogP contribution in [0.4, 0.5) is 0 Å². The summed E-state index contributed by atoms with van der Waals surface area (Å²) in [4.78, 5) is 12.3. The lowest BCUT2D eigenvalue weighted by molar-refractivity contribution is -0.122. The Morgan fingerprint density at radius 1 is 1.25 bits per heavy atom. The van der Waals surface area contributed by atoms with Crippen LogP contribution in [0.1, 0.15) is 57.1 Å². The van der Waals surface area contributed by atoms with E-state index in [2.05, 4.69) is 36.5 Å². The monoisotopic (exact) mass is 271 g/mol. The SMILES string of the molecule is CC1CC1C(NC(=O)CC1CCCC1)c1ccccc1. The van der Waals surface area contributed by atoms with Gasteiger partial charge in [-0.05, 0) is 42.6 Å². The van der Waals surface area contributed by atoms with Crippen molar-refractivity contribution in [2.75, 3.05) is 0 Å². The minimum atomic E-state index is 0.222. The van der Waals surface area contributed by atoms with Crippen LogP contribution in [0.3, 0.4) is 0 Å². The molecule has 3 rings (SSSR count). The Kier molecular flexibility index (Phi) is 4.09. The van der Waals surface area contributed by atoms with E-state index in [0.29, 0.717) is 11.8 Å². The van der Waals surface area contributed by atoms with Crippen LogP contribution in [0.5, 0.6) is 0 Å². The van der Waals surface area contributed by atoms with E-state index in [1.54, 1.807) is 0 Å². The second kappa shape index (κ2) is 5.99. The van der Waals surface area contributed by atoms with Gasteiger partial charge >= 0.3 is 0 Å². The van der Waals surface area contributed by atoms with Gasteiger partial charge in [-0.1, -0.05) is 50.1 Å². The third-order valence-electron chi connectivity index (χ3n) is 5.02. The molecular weight excluding hydrogens is 246 g/mol. The number of carbonyl (C=O) groups excluding carboxylic acids is 1. The zero-order valence-electron chi connectivity index (χ0n) is 12.3. The molecule has 3 atom stereocenters. The Balaban J connectivity index is 1.63. The molecule has 2 nitrogen and oxygen atoms in total. The lowest BCUT2D eigenvalue weighted by atomic mass is 9.99. The van der Waals surface area contributed by atoms with Gasteiger partial charge in [-0.2, -0.15) is 0 Å². The summed E-state index contributed by atoms with van der Waals surface area (Å²) in [7, 11) is 0. The summed E-state index contributed by atoms with van der Waals surface area (Å²) in [6.07, 6.45) is 7.06. The first-order valence-corrected chi connectivity index (χ1v) is 8.08. The summed E-state index contributed by atoms with van der Waals surface area (Å²) in [5, 5.41) is 3.31. The molecule has 0 saturated heterocycles. The van der Waals surface area contributed by atoms with Gasteiger partial charge in [-0.25, -0.2) is 0 Å². The van der Waals surface area contributed by atoms with Crippen molar-refractivity contribution in [3.8, 4) is 0 Å². The lowest BCUT2D eigenvalue weighted by Crippen LogP contribution is -2.31. The first-order valence-electron chi connectivity index (χ1n) is 8.08. The van der Waals surface area contributed by atoms with Crippen LogP contribution in [0.25, 0.3) is 0 Å². The fourth-order valence-corrected chi connectivity index (χ4v) is 3.62. The number of benzene rings is 1. The molecule has 0 aromatic heterocycles. The van der Waals surface area contributed by atoms with Crippen molar-refractivity contribution in [2.45, 2.75) is 51.5 Å². The van der Waals surface area contributed by atoms with Crippen LogP contribution in [-0.2, 0) is 4.79 Å². The number of carbonyl (C=O) groups is 1. The topological polar surface area (TPSA) is 29.1 Å². The number of rotatable bonds is 5. The van der Waals surface area contributed by atoms with Gasteiger partial charge in [-0.3, -0.25) is 4.79 Å². The van der Waals surface area contributed by atoms with Crippen LogP contribution in [-0.4, -0.2) is 5.91 Å². The molecule has 2 aliphatic rings. The van der Waals surface area contributed by atoms with Crippen molar-refractivity contribution in [1.29, 1.82) is 0 Å². The predicted octanol–water partition coefficient (Wildman–Crippen LogP) is 4.08. The van der Waals surface area contributed by atoms with E-state index in [4.69, 9.17) is 0 Å². The van der Waals surface area contributed by atoms with Crippen molar-refractivity contribution in [1.82, 2.24) is 5.32 Å². The molecule has 0 heterocycles. The Bertz CT molecular complexity index is 450. The summed E-state index contributed by atoms with van der Waals surface area (Å²) in [6, 6.07) is 10.7. The minimum Gasteiger partial charge on any atom is -0.349 e. The fourth-order valence-electron chi connectivity index (χ4n) is 3.62. The van der Waals surface area contributed by atoms with Crippen molar-refractivity contribution in [3.63, 3.8) is 0 Å². The van der Waals surface area contributed by atoms with Crippen LogP contribution in [0, 0.1) is 17.8 Å².